The Hall–Kier alpha value is -2.21. The number of ketones is 1. The normalized spacial score (nSPS) is 13.8. The van der Waals surface area contributed by atoms with E-state index < -0.39 is 17.6 Å². The van der Waals surface area contributed by atoms with Crippen LogP contribution in [-0.2, 0) is 9.59 Å². The minimum Gasteiger partial charge on any atom is -0.295 e. The van der Waals surface area contributed by atoms with Crippen LogP contribution in [0.15, 0.2) is 12.1 Å². The highest BCUT2D eigenvalue weighted by Crippen LogP contribution is 2.34. The van der Waals surface area contributed by atoms with Crippen molar-refractivity contribution in [3.63, 3.8) is 0 Å². The summed E-state index contributed by atoms with van der Waals surface area (Å²) in [4.78, 5) is 36.2. The summed E-state index contributed by atoms with van der Waals surface area (Å²) in [5.74, 6) is 3.21. The molecule has 1 aromatic rings. The Labute approximate surface area is 104 Å². The third-order valence-electron chi connectivity index (χ3n) is 2.99. The topological polar surface area (TPSA) is 92.5 Å². The highest BCUT2D eigenvalue weighted by Gasteiger charge is 2.38. The smallest absolute Gasteiger partial charge is 0.295 e. The van der Waals surface area contributed by atoms with Gasteiger partial charge in [-0.25, -0.2) is 5.84 Å². The van der Waals surface area contributed by atoms with E-state index in [0.29, 0.717) is 11.3 Å². The Morgan fingerprint density at radius 2 is 1.89 bits per heavy atom. The maximum Gasteiger partial charge on any atom is 0.299 e. The first kappa shape index (κ1) is 12.3. The quantitative estimate of drug-likeness (QED) is 0.328. The van der Waals surface area contributed by atoms with E-state index in [1.807, 2.05) is 11.5 Å². The van der Waals surface area contributed by atoms with Crippen LogP contribution in [0, 0.1) is 13.8 Å². The molecule has 6 heteroatoms. The van der Waals surface area contributed by atoms with E-state index in [9.17, 15) is 14.4 Å². The number of nitrogens with two attached hydrogens (primary N) is 1. The molecule has 0 aromatic heterocycles. The number of amides is 2. The number of hydrazine groups is 1. The fourth-order valence-electron chi connectivity index (χ4n) is 2.10. The minimum atomic E-state index is -0.689. The van der Waals surface area contributed by atoms with Crippen molar-refractivity contribution in [3.8, 4) is 0 Å². The molecule has 18 heavy (non-hydrogen) atoms. The van der Waals surface area contributed by atoms with Crippen LogP contribution in [0.5, 0.6) is 0 Å². The summed E-state index contributed by atoms with van der Waals surface area (Å²) in [7, 11) is 0. The van der Waals surface area contributed by atoms with E-state index in [1.165, 1.54) is 4.90 Å². The second-order valence-corrected chi connectivity index (χ2v) is 4.21. The number of Topliss-reactive ketones (excluding diaryl/α,β-unsaturated/α-hetero) is 1. The highest BCUT2D eigenvalue weighted by molar-refractivity contribution is 6.53. The summed E-state index contributed by atoms with van der Waals surface area (Å²) in [6.45, 7) is 3.30. The third-order valence-corrected chi connectivity index (χ3v) is 2.99. The van der Waals surface area contributed by atoms with E-state index in [0.717, 1.165) is 11.1 Å². The van der Waals surface area contributed by atoms with E-state index in [1.54, 1.807) is 19.9 Å². The van der Waals surface area contributed by atoms with E-state index in [-0.39, 0.29) is 6.54 Å². The second-order valence-electron chi connectivity index (χ2n) is 4.21. The SMILES string of the molecule is Cc1ccc(C)c2c1C(=O)C(=O)N2CC(=O)NN. The van der Waals surface area contributed by atoms with E-state index >= 15 is 0 Å². The van der Waals surface area contributed by atoms with Crippen LogP contribution in [0.25, 0.3) is 0 Å². The zero-order valence-electron chi connectivity index (χ0n) is 10.1. The predicted octanol–water partition coefficient (Wildman–Crippen LogP) is -0.177. The van der Waals surface area contributed by atoms with Gasteiger partial charge in [-0.2, -0.15) is 0 Å². The molecule has 94 valence electrons. The molecule has 0 saturated carbocycles. The van der Waals surface area contributed by atoms with Crippen molar-refractivity contribution in [2.75, 3.05) is 11.4 Å². The van der Waals surface area contributed by atoms with Crippen LogP contribution < -0.4 is 16.2 Å². The first-order valence-electron chi connectivity index (χ1n) is 5.43. The molecule has 0 bridgehead atoms. The van der Waals surface area contributed by atoms with Gasteiger partial charge in [0.1, 0.15) is 6.54 Å². The molecule has 0 fully saturated rings. The summed E-state index contributed by atoms with van der Waals surface area (Å²) in [6.07, 6.45) is 0. The number of rotatable bonds is 2. The lowest BCUT2D eigenvalue weighted by atomic mass is 10.0. The number of benzene rings is 1. The standard InChI is InChI=1S/C12H13N3O3/c1-6-3-4-7(2)10-9(6)11(17)12(18)15(10)5-8(16)14-13/h3-4H,5,13H2,1-2H3,(H,14,16). The van der Waals surface area contributed by atoms with Gasteiger partial charge in [-0.05, 0) is 25.0 Å². The van der Waals surface area contributed by atoms with Crippen molar-refractivity contribution in [1.82, 2.24) is 5.43 Å². The van der Waals surface area contributed by atoms with Crippen molar-refractivity contribution >= 4 is 23.3 Å². The maximum absolute atomic E-state index is 11.9. The number of carbonyl (C=O) groups is 3. The molecular weight excluding hydrogens is 234 g/mol. The van der Waals surface area contributed by atoms with Crippen molar-refractivity contribution in [2.45, 2.75) is 13.8 Å². The molecule has 3 N–H and O–H groups in total. The fourth-order valence-corrected chi connectivity index (χ4v) is 2.10. The number of aryl methyl sites for hydroxylation is 2. The zero-order chi connectivity index (χ0) is 13.4. The zero-order valence-corrected chi connectivity index (χ0v) is 10.1. The van der Waals surface area contributed by atoms with Gasteiger partial charge in [-0.1, -0.05) is 12.1 Å². The van der Waals surface area contributed by atoms with Gasteiger partial charge in [0.2, 0.25) is 0 Å². The number of anilines is 1. The molecule has 6 nitrogen and oxygen atoms in total. The number of hydrogen-bond donors (Lipinski definition) is 2. The van der Waals surface area contributed by atoms with Gasteiger partial charge in [0.05, 0.1) is 11.3 Å². The van der Waals surface area contributed by atoms with Gasteiger partial charge in [0.25, 0.3) is 17.6 Å². The maximum atomic E-state index is 11.9. The predicted molar refractivity (Wildman–Crippen MR) is 64.9 cm³/mol. The van der Waals surface area contributed by atoms with Gasteiger partial charge in [-0.3, -0.25) is 24.7 Å². The molecule has 0 saturated heterocycles. The number of carbonyl (C=O) groups excluding carboxylic acids is 3. The van der Waals surface area contributed by atoms with Crippen molar-refractivity contribution in [3.05, 3.63) is 28.8 Å². The number of fused-ring (bicyclic) bond motifs is 1. The second kappa shape index (κ2) is 4.23. The molecule has 1 aliphatic heterocycles. The number of nitrogens with zero attached hydrogens (tertiary/aromatic N) is 1. The summed E-state index contributed by atoms with van der Waals surface area (Å²) < 4.78 is 0. The lowest BCUT2D eigenvalue weighted by Gasteiger charge is -2.17. The molecule has 2 amide bonds. The Kier molecular flexibility index (Phi) is 2.88. The Bertz CT molecular complexity index is 566. The van der Waals surface area contributed by atoms with Crippen molar-refractivity contribution in [1.29, 1.82) is 0 Å². The highest BCUT2D eigenvalue weighted by atomic mass is 16.2. The van der Waals surface area contributed by atoms with Crippen molar-refractivity contribution in [2.24, 2.45) is 5.84 Å². The molecule has 0 aliphatic carbocycles. The van der Waals surface area contributed by atoms with Crippen molar-refractivity contribution < 1.29 is 14.4 Å². The lowest BCUT2D eigenvalue weighted by molar-refractivity contribution is -0.122. The van der Waals surface area contributed by atoms with Gasteiger partial charge >= 0.3 is 0 Å². The van der Waals surface area contributed by atoms with Crippen LogP contribution in [0.4, 0.5) is 5.69 Å². The van der Waals surface area contributed by atoms with Gasteiger partial charge < -0.3 is 0 Å². The Morgan fingerprint density at radius 1 is 1.28 bits per heavy atom. The number of nitrogens with one attached hydrogen (secondary N) is 1. The summed E-state index contributed by atoms with van der Waals surface area (Å²) in [5.41, 5.74) is 4.34. The molecule has 0 unspecified atom stereocenters. The Balaban J connectivity index is 2.55. The molecule has 0 radical (unpaired) electrons. The average molecular weight is 247 g/mol. The third kappa shape index (κ3) is 1.67. The van der Waals surface area contributed by atoms with Gasteiger partial charge in [0, 0.05) is 0 Å². The number of hydrogen-bond acceptors (Lipinski definition) is 4. The minimum absolute atomic E-state index is 0.252. The first-order valence-corrected chi connectivity index (χ1v) is 5.43. The van der Waals surface area contributed by atoms with Crippen LogP contribution >= 0.6 is 0 Å². The molecule has 0 spiro atoms. The summed E-state index contributed by atoms with van der Waals surface area (Å²) >= 11 is 0. The molecule has 1 heterocycles. The van der Waals surface area contributed by atoms with Crippen LogP contribution in [0.2, 0.25) is 0 Å². The van der Waals surface area contributed by atoms with Crippen LogP contribution in [0.3, 0.4) is 0 Å². The first-order chi connectivity index (χ1) is 8.47. The molecule has 1 aromatic carbocycles. The average Bonchev–Trinajstić information content (AvgIpc) is 2.60. The lowest BCUT2D eigenvalue weighted by Crippen LogP contribution is -2.42. The van der Waals surface area contributed by atoms with Gasteiger partial charge in [-0.15, -0.1) is 0 Å². The molecule has 1 aliphatic rings. The molecule has 0 atom stereocenters. The van der Waals surface area contributed by atoms with Gasteiger partial charge in [0.15, 0.2) is 0 Å². The fraction of sp³-hybridized carbons (Fsp3) is 0.250. The van der Waals surface area contributed by atoms with Crippen LogP contribution in [0.1, 0.15) is 21.5 Å². The largest absolute Gasteiger partial charge is 0.299 e. The molecule has 2 rings (SSSR count). The Morgan fingerprint density at radius 3 is 2.50 bits per heavy atom. The van der Waals surface area contributed by atoms with E-state index in [2.05, 4.69) is 0 Å². The van der Waals surface area contributed by atoms with Crippen LogP contribution in [-0.4, -0.2) is 24.1 Å². The summed E-state index contributed by atoms with van der Waals surface area (Å²) in [5, 5.41) is 0. The molecular formula is C12H13N3O3. The monoisotopic (exact) mass is 247 g/mol. The summed E-state index contributed by atoms with van der Waals surface area (Å²) in [6, 6.07) is 3.60. The van der Waals surface area contributed by atoms with E-state index in [4.69, 9.17) is 5.84 Å².